The number of fused-ring (bicyclic) bond motifs is 2. The smallest absolute Gasteiger partial charge is 0.234 e. The van der Waals surface area contributed by atoms with E-state index in [4.69, 9.17) is 4.42 Å². The number of nitrogens with zero attached hydrogens (tertiary/aromatic N) is 2. The summed E-state index contributed by atoms with van der Waals surface area (Å²) in [6.45, 7) is 3.86. The molecule has 25 heavy (non-hydrogen) atoms. The fourth-order valence-electron chi connectivity index (χ4n) is 3.38. The Morgan fingerprint density at radius 3 is 2.88 bits per heavy atom. The highest BCUT2D eigenvalue weighted by molar-refractivity contribution is 6.06. The zero-order valence-corrected chi connectivity index (χ0v) is 14.1. The van der Waals surface area contributed by atoms with E-state index in [0.717, 1.165) is 46.6 Å². The normalized spacial score (nSPS) is 18.2. The van der Waals surface area contributed by atoms with Crippen molar-refractivity contribution in [2.75, 3.05) is 10.6 Å². The molecule has 0 bridgehead atoms. The van der Waals surface area contributed by atoms with Crippen LogP contribution in [0.4, 0.5) is 17.3 Å². The predicted molar refractivity (Wildman–Crippen MR) is 95.2 cm³/mol. The van der Waals surface area contributed by atoms with Crippen LogP contribution in [-0.2, 0) is 10.2 Å². The van der Waals surface area contributed by atoms with E-state index in [0.29, 0.717) is 11.9 Å². The number of carbonyl (C=O) groups excluding carboxylic acids is 1. The largest absolute Gasteiger partial charge is 0.461 e. The van der Waals surface area contributed by atoms with Crippen LogP contribution in [0.2, 0.25) is 0 Å². The standard InChI is InChI=1S/C19H18N4O2/c1-19(2)12-6-5-11(9-14(12)21-17(19)24)20-18-22-13-7-8-25-16(13)15(23-18)10-3-4-10/h5-10H,3-4H2,1-2H3,(H,21,24)(H,20,22,23). The second-order valence-electron chi connectivity index (χ2n) is 7.31. The summed E-state index contributed by atoms with van der Waals surface area (Å²) in [6, 6.07) is 7.73. The molecule has 2 N–H and O–H groups in total. The summed E-state index contributed by atoms with van der Waals surface area (Å²) >= 11 is 0. The Labute approximate surface area is 144 Å². The number of anilines is 3. The van der Waals surface area contributed by atoms with E-state index in [1.54, 1.807) is 6.26 Å². The molecule has 0 unspecified atom stereocenters. The number of hydrogen-bond acceptors (Lipinski definition) is 5. The minimum Gasteiger partial charge on any atom is -0.461 e. The zero-order valence-electron chi connectivity index (χ0n) is 14.1. The number of carbonyl (C=O) groups is 1. The first-order valence-corrected chi connectivity index (χ1v) is 8.50. The highest BCUT2D eigenvalue weighted by Crippen LogP contribution is 2.43. The van der Waals surface area contributed by atoms with E-state index in [1.165, 1.54) is 0 Å². The van der Waals surface area contributed by atoms with Crippen molar-refractivity contribution in [2.24, 2.45) is 0 Å². The third-order valence-electron chi connectivity index (χ3n) is 5.06. The molecule has 2 aromatic heterocycles. The number of furan rings is 1. The van der Waals surface area contributed by atoms with Crippen LogP contribution >= 0.6 is 0 Å². The Morgan fingerprint density at radius 2 is 2.08 bits per heavy atom. The second kappa shape index (κ2) is 4.81. The highest BCUT2D eigenvalue weighted by Gasteiger charge is 2.38. The fourth-order valence-corrected chi connectivity index (χ4v) is 3.38. The number of rotatable bonds is 3. The van der Waals surface area contributed by atoms with Crippen LogP contribution < -0.4 is 10.6 Å². The van der Waals surface area contributed by atoms with Crippen LogP contribution in [0, 0.1) is 0 Å². The molecule has 5 rings (SSSR count). The summed E-state index contributed by atoms with van der Waals surface area (Å²) in [5, 5.41) is 6.21. The molecule has 3 aromatic rings. The van der Waals surface area contributed by atoms with Crippen molar-refractivity contribution < 1.29 is 9.21 Å². The van der Waals surface area contributed by atoms with Gasteiger partial charge in [0.25, 0.3) is 0 Å². The van der Waals surface area contributed by atoms with Crippen molar-refractivity contribution in [1.82, 2.24) is 9.97 Å². The summed E-state index contributed by atoms with van der Waals surface area (Å²) in [7, 11) is 0. The Morgan fingerprint density at radius 1 is 1.24 bits per heavy atom. The van der Waals surface area contributed by atoms with Crippen molar-refractivity contribution >= 4 is 34.3 Å². The van der Waals surface area contributed by atoms with E-state index < -0.39 is 5.41 Å². The van der Waals surface area contributed by atoms with Gasteiger partial charge in [0.15, 0.2) is 5.58 Å². The fraction of sp³-hybridized carbons (Fsp3) is 0.316. The average Bonchev–Trinajstić information content (AvgIpc) is 3.26. The van der Waals surface area contributed by atoms with Crippen molar-refractivity contribution in [3.8, 4) is 0 Å². The van der Waals surface area contributed by atoms with Gasteiger partial charge in [-0.05, 0) is 44.4 Å². The van der Waals surface area contributed by atoms with Gasteiger partial charge < -0.3 is 15.1 Å². The van der Waals surface area contributed by atoms with Crippen LogP contribution in [0.3, 0.4) is 0 Å². The Kier molecular flexibility index (Phi) is 2.78. The summed E-state index contributed by atoms with van der Waals surface area (Å²) in [5.74, 6) is 1.04. The van der Waals surface area contributed by atoms with Gasteiger partial charge in [0.1, 0.15) is 5.52 Å². The van der Waals surface area contributed by atoms with Gasteiger partial charge in [-0.3, -0.25) is 4.79 Å². The molecular formula is C19H18N4O2. The van der Waals surface area contributed by atoms with Crippen LogP contribution in [0.5, 0.6) is 0 Å². The maximum atomic E-state index is 12.1. The van der Waals surface area contributed by atoms with Crippen molar-refractivity contribution in [2.45, 2.75) is 38.0 Å². The molecule has 3 heterocycles. The van der Waals surface area contributed by atoms with Gasteiger partial charge in [-0.25, -0.2) is 9.97 Å². The topological polar surface area (TPSA) is 80.0 Å². The van der Waals surface area contributed by atoms with Crippen molar-refractivity contribution in [3.05, 3.63) is 41.8 Å². The molecule has 126 valence electrons. The number of aromatic nitrogens is 2. The molecule has 1 aromatic carbocycles. The van der Waals surface area contributed by atoms with E-state index >= 15 is 0 Å². The van der Waals surface area contributed by atoms with E-state index in [-0.39, 0.29) is 5.91 Å². The van der Waals surface area contributed by atoms with Crippen LogP contribution in [0.1, 0.15) is 43.9 Å². The molecule has 1 saturated carbocycles. The van der Waals surface area contributed by atoms with E-state index in [2.05, 4.69) is 20.6 Å². The number of benzene rings is 1. The quantitative estimate of drug-likeness (QED) is 0.754. The molecule has 0 spiro atoms. The minimum atomic E-state index is -0.501. The first kappa shape index (κ1) is 14.5. The molecule has 1 aliphatic heterocycles. The monoisotopic (exact) mass is 334 g/mol. The van der Waals surface area contributed by atoms with Gasteiger partial charge >= 0.3 is 0 Å². The Hall–Kier alpha value is -2.89. The third-order valence-corrected chi connectivity index (χ3v) is 5.06. The molecule has 1 aliphatic carbocycles. The summed E-state index contributed by atoms with van der Waals surface area (Å²) in [6.07, 6.45) is 3.94. The lowest BCUT2D eigenvalue weighted by molar-refractivity contribution is -0.119. The number of amides is 1. The minimum absolute atomic E-state index is 0.0201. The Bertz CT molecular complexity index is 1020. The molecule has 1 amide bonds. The van der Waals surface area contributed by atoms with Crippen molar-refractivity contribution in [1.29, 1.82) is 0 Å². The summed E-state index contributed by atoms with van der Waals surface area (Å²) < 4.78 is 5.55. The third kappa shape index (κ3) is 2.21. The van der Waals surface area contributed by atoms with Crippen molar-refractivity contribution in [3.63, 3.8) is 0 Å². The molecule has 1 fully saturated rings. The SMILES string of the molecule is CC1(C)C(=O)Nc2cc(Nc3nc(C4CC4)c4occc4n3)ccc21. The highest BCUT2D eigenvalue weighted by atomic mass is 16.3. The lowest BCUT2D eigenvalue weighted by Crippen LogP contribution is -2.26. The van der Waals surface area contributed by atoms with Crippen LogP contribution in [0.25, 0.3) is 11.1 Å². The molecule has 0 radical (unpaired) electrons. The first-order valence-electron chi connectivity index (χ1n) is 8.50. The maximum absolute atomic E-state index is 12.1. The molecular weight excluding hydrogens is 316 g/mol. The maximum Gasteiger partial charge on any atom is 0.234 e. The number of nitrogens with one attached hydrogen (secondary N) is 2. The number of hydrogen-bond donors (Lipinski definition) is 2. The Balaban J connectivity index is 1.51. The van der Waals surface area contributed by atoms with E-state index in [1.807, 2.05) is 38.1 Å². The lowest BCUT2D eigenvalue weighted by Gasteiger charge is -2.15. The second-order valence-corrected chi connectivity index (χ2v) is 7.31. The zero-order chi connectivity index (χ0) is 17.2. The van der Waals surface area contributed by atoms with Gasteiger partial charge in [0, 0.05) is 23.4 Å². The van der Waals surface area contributed by atoms with E-state index in [9.17, 15) is 4.79 Å². The van der Waals surface area contributed by atoms with Gasteiger partial charge in [-0.1, -0.05) is 6.07 Å². The molecule has 2 aliphatic rings. The molecule has 0 atom stereocenters. The predicted octanol–water partition coefficient (Wildman–Crippen LogP) is 4.07. The summed E-state index contributed by atoms with van der Waals surface area (Å²) in [5.41, 5.74) is 4.78. The van der Waals surface area contributed by atoms with Gasteiger partial charge in [-0.2, -0.15) is 0 Å². The average molecular weight is 334 g/mol. The van der Waals surface area contributed by atoms with Crippen LogP contribution in [-0.4, -0.2) is 15.9 Å². The summed E-state index contributed by atoms with van der Waals surface area (Å²) in [4.78, 5) is 21.3. The van der Waals surface area contributed by atoms with Gasteiger partial charge in [0.2, 0.25) is 11.9 Å². The molecule has 0 saturated heterocycles. The molecule has 6 heteroatoms. The first-order chi connectivity index (χ1) is 12.0. The lowest BCUT2D eigenvalue weighted by atomic mass is 9.86. The van der Waals surface area contributed by atoms with Crippen LogP contribution in [0.15, 0.2) is 34.9 Å². The van der Waals surface area contributed by atoms with Gasteiger partial charge in [0.05, 0.1) is 17.4 Å². The molecule has 6 nitrogen and oxygen atoms in total. The van der Waals surface area contributed by atoms with Gasteiger partial charge in [-0.15, -0.1) is 0 Å².